The summed E-state index contributed by atoms with van der Waals surface area (Å²) in [6.07, 6.45) is 1.44. The van der Waals surface area contributed by atoms with E-state index in [1.165, 1.54) is 24.4 Å². The van der Waals surface area contributed by atoms with Crippen molar-refractivity contribution in [2.45, 2.75) is 23.2 Å². The molecule has 2 heterocycles. The average molecular weight is 481 g/mol. The zero-order chi connectivity index (χ0) is 24.3. The molecule has 2 aromatic carbocycles. The standard InChI is InChI=1S/C26H25ClN2O5/c1-29(2)24(31)20-21(15-7-5-4-6-8-15)26(16-9-11-17(27)12-10-16)25(32,23(20)30)22-18(33-3)13-28-14-19(22)34-26/h4-14,20-21,23,30,32H,1-3H3/t20-,21-,23-,25+,26+/m1/s1. The predicted octanol–water partition coefficient (Wildman–Crippen LogP) is 3.08. The van der Waals surface area contributed by atoms with Crippen molar-refractivity contribution in [3.63, 3.8) is 0 Å². The molecule has 0 radical (unpaired) electrons. The summed E-state index contributed by atoms with van der Waals surface area (Å²) in [6, 6.07) is 16.2. The minimum Gasteiger partial charge on any atom is -0.495 e. The molecule has 176 valence electrons. The average Bonchev–Trinajstić information content (AvgIpc) is 3.22. The van der Waals surface area contributed by atoms with Crippen LogP contribution in [0.3, 0.4) is 0 Å². The van der Waals surface area contributed by atoms with Crippen LogP contribution in [-0.4, -0.2) is 53.3 Å². The first kappa shape index (κ1) is 22.7. The number of rotatable bonds is 4. The molecule has 0 bridgehead atoms. The Morgan fingerprint density at radius 1 is 1.12 bits per heavy atom. The number of aromatic nitrogens is 1. The van der Waals surface area contributed by atoms with E-state index in [-0.39, 0.29) is 23.0 Å². The van der Waals surface area contributed by atoms with Crippen LogP contribution in [0.2, 0.25) is 5.02 Å². The summed E-state index contributed by atoms with van der Waals surface area (Å²) >= 11 is 6.19. The Balaban J connectivity index is 1.89. The number of carbonyl (C=O) groups is 1. The largest absolute Gasteiger partial charge is 0.495 e. The monoisotopic (exact) mass is 480 g/mol. The molecule has 0 unspecified atom stereocenters. The molecule has 3 aromatic rings. The molecule has 2 aliphatic rings. The number of nitrogens with zero attached hydrogens (tertiary/aromatic N) is 2. The maximum atomic E-state index is 13.5. The number of fused-ring (bicyclic) bond motifs is 3. The number of halogens is 1. The lowest BCUT2D eigenvalue weighted by atomic mass is 9.70. The van der Waals surface area contributed by atoms with E-state index < -0.39 is 29.1 Å². The number of hydrogen-bond donors (Lipinski definition) is 2. The Labute approximate surface area is 202 Å². The molecule has 0 saturated heterocycles. The Bertz CT molecular complexity index is 1240. The molecule has 1 aromatic heterocycles. The number of pyridine rings is 1. The molecule has 5 rings (SSSR count). The Hall–Kier alpha value is -3.13. The Morgan fingerprint density at radius 3 is 2.41 bits per heavy atom. The van der Waals surface area contributed by atoms with Crippen LogP contribution < -0.4 is 9.47 Å². The van der Waals surface area contributed by atoms with Gasteiger partial charge in [-0.05, 0) is 23.3 Å². The van der Waals surface area contributed by atoms with Crippen molar-refractivity contribution < 1.29 is 24.5 Å². The molecular formula is C26H25ClN2O5. The number of methoxy groups -OCH3 is 1. The van der Waals surface area contributed by atoms with Crippen LogP contribution in [0, 0.1) is 5.92 Å². The van der Waals surface area contributed by atoms with Gasteiger partial charge in [0.2, 0.25) is 5.91 Å². The maximum Gasteiger partial charge on any atom is 0.228 e. The van der Waals surface area contributed by atoms with E-state index in [1.807, 2.05) is 30.3 Å². The minimum absolute atomic E-state index is 0.264. The lowest BCUT2D eigenvalue weighted by Gasteiger charge is -2.40. The zero-order valence-corrected chi connectivity index (χ0v) is 19.7. The lowest BCUT2D eigenvalue weighted by molar-refractivity contribution is -0.156. The maximum absolute atomic E-state index is 13.5. The second-order valence-corrected chi connectivity index (χ2v) is 9.35. The van der Waals surface area contributed by atoms with Crippen LogP contribution in [-0.2, 0) is 16.0 Å². The molecule has 1 saturated carbocycles. The summed E-state index contributed by atoms with van der Waals surface area (Å²) < 4.78 is 12.2. The third kappa shape index (κ3) is 2.84. The molecule has 2 N–H and O–H groups in total. The molecule has 34 heavy (non-hydrogen) atoms. The quantitative estimate of drug-likeness (QED) is 0.596. The van der Waals surface area contributed by atoms with Gasteiger partial charge in [0.25, 0.3) is 0 Å². The Kier molecular flexibility index (Phi) is 5.31. The van der Waals surface area contributed by atoms with Gasteiger partial charge in [-0.25, -0.2) is 0 Å². The van der Waals surface area contributed by atoms with E-state index in [9.17, 15) is 15.0 Å². The van der Waals surface area contributed by atoms with Crippen LogP contribution in [0.5, 0.6) is 11.5 Å². The summed E-state index contributed by atoms with van der Waals surface area (Å²) in [6.45, 7) is 0. The minimum atomic E-state index is -2.03. The number of aliphatic hydroxyl groups is 2. The van der Waals surface area contributed by atoms with E-state index in [1.54, 1.807) is 38.4 Å². The van der Waals surface area contributed by atoms with Gasteiger partial charge < -0.3 is 24.6 Å². The highest BCUT2D eigenvalue weighted by Gasteiger charge is 2.78. The van der Waals surface area contributed by atoms with Crippen molar-refractivity contribution in [3.05, 3.63) is 88.7 Å². The van der Waals surface area contributed by atoms with Gasteiger partial charge in [0.05, 0.1) is 31.0 Å². The summed E-state index contributed by atoms with van der Waals surface area (Å²) in [5.74, 6) is -1.53. The van der Waals surface area contributed by atoms with Crippen LogP contribution in [0.1, 0.15) is 22.6 Å². The number of carbonyl (C=O) groups excluding carboxylic acids is 1. The number of aliphatic hydroxyl groups excluding tert-OH is 1. The molecule has 0 spiro atoms. The molecular weight excluding hydrogens is 456 g/mol. The fraction of sp³-hybridized carbons (Fsp3) is 0.308. The second kappa shape index (κ2) is 7.98. The lowest BCUT2D eigenvalue weighted by Crippen LogP contribution is -2.52. The molecule has 7 nitrogen and oxygen atoms in total. The summed E-state index contributed by atoms with van der Waals surface area (Å²) in [7, 11) is 4.72. The summed E-state index contributed by atoms with van der Waals surface area (Å²) in [5, 5.41) is 24.9. The van der Waals surface area contributed by atoms with E-state index in [2.05, 4.69) is 4.98 Å². The van der Waals surface area contributed by atoms with Crippen molar-refractivity contribution in [2.24, 2.45) is 5.92 Å². The molecule has 8 heteroatoms. The van der Waals surface area contributed by atoms with E-state index >= 15 is 0 Å². The molecule has 1 amide bonds. The normalized spacial score (nSPS) is 29.2. The van der Waals surface area contributed by atoms with Gasteiger partial charge >= 0.3 is 0 Å². The van der Waals surface area contributed by atoms with Crippen LogP contribution in [0.25, 0.3) is 0 Å². The Morgan fingerprint density at radius 2 is 1.79 bits per heavy atom. The third-order valence-electron chi connectivity index (χ3n) is 7.04. The van der Waals surface area contributed by atoms with Gasteiger partial charge in [-0.1, -0.05) is 54.1 Å². The highest BCUT2D eigenvalue weighted by Crippen LogP contribution is 2.69. The second-order valence-electron chi connectivity index (χ2n) is 8.92. The van der Waals surface area contributed by atoms with Crippen LogP contribution in [0.4, 0.5) is 0 Å². The van der Waals surface area contributed by atoms with Gasteiger partial charge in [0, 0.05) is 25.0 Å². The third-order valence-corrected chi connectivity index (χ3v) is 7.29. The molecule has 1 aliphatic carbocycles. The van der Waals surface area contributed by atoms with Crippen LogP contribution in [0.15, 0.2) is 67.0 Å². The summed E-state index contributed by atoms with van der Waals surface area (Å²) in [5.41, 5.74) is -2.01. The van der Waals surface area contributed by atoms with Gasteiger partial charge in [-0.15, -0.1) is 0 Å². The van der Waals surface area contributed by atoms with Crippen molar-refractivity contribution in [2.75, 3.05) is 21.2 Å². The first-order valence-electron chi connectivity index (χ1n) is 10.9. The van der Waals surface area contributed by atoms with Crippen LogP contribution >= 0.6 is 11.6 Å². The fourth-order valence-electron chi connectivity index (χ4n) is 5.67. The zero-order valence-electron chi connectivity index (χ0n) is 19.0. The highest BCUT2D eigenvalue weighted by atomic mass is 35.5. The number of hydrogen-bond acceptors (Lipinski definition) is 6. The molecule has 1 fully saturated rings. The SMILES string of the molecule is COc1cncc2c1[C@]1(O)[C@H](O)[C@H](C(=O)N(C)C)[C@@H](c3ccccc3)[C@]1(c1ccc(Cl)cc1)O2. The van der Waals surface area contributed by atoms with E-state index in [0.29, 0.717) is 10.6 Å². The van der Waals surface area contributed by atoms with Gasteiger partial charge in [-0.3, -0.25) is 9.78 Å². The van der Waals surface area contributed by atoms with Crippen molar-refractivity contribution >= 4 is 17.5 Å². The molecule has 1 aliphatic heterocycles. The topological polar surface area (TPSA) is 92.1 Å². The molecule has 5 atom stereocenters. The fourth-order valence-corrected chi connectivity index (χ4v) is 5.79. The van der Waals surface area contributed by atoms with Crippen molar-refractivity contribution in [1.29, 1.82) is 0 Å². The summed E-state index contributed by atoms with van der Waals surface area (Å²) in [4.78, 5) is 19.2. The van der Waals surface area contributed by atoms with Gasteiger partial charge in [-0.2, -0.15) is 0 Å². The number of benzene rings is 2. The highest BCUT2D eigenvalue weighted by molar-refractivity contribution is 6.30. The van der Waals surface area contributed by atoms with Gasteiger partial charge in [0.15, 0.2) is 11.2 Å². The van der Waals surface area contributed by atoms with E-state index in [4.69, 9.17) is 21.1 Å². The first-order chi connectivity index (χ1) is 16.3. The smallest absolute Gasteiger partial charge is 0.228 e. The van der Waals surface area contributed by atoms with E-state index in [0.717, 1.165) is 5.56 Å². The predicted molar refractivity (Wildman–Crippen MR) is 126 cm³/mol. The van der Waals surface area contributed by atoms with Crippen molar-refractivity contribution in [1.82, 2.24) is 9.88 Å². The van der Waals surface area contributed by atoms with Gasteiger partial charge in [0.1, 0.15) is 17.6 Å². The number of ether oxygens (including phenoxy) is 2. The first-order valence-corrected chi connectivity index (χ1v) is 11.3. The number of amides is 1. The van der Waals surface area contributed by atoms with Crippen molar-refractivity contribution in [3.8, 4) is 11.5 Å².